The molecule has 1 aromatic rings. The lowest BCUT2D eigenvalue weighted by Crippen LogP contribution is -2.41. The summed E-state index contributed by atoms with van der Waals surface area (Å²) < 4.78 is 8.12. The van der Waals surface area contributed by atoms with Gasteiger partial charge in [-0.2, -0.15) is 5.10 Å². The van der Waals surface area contributed by atoms with Crippen molar-refractivity contribution in [1.82, 2.24) is 15.1 Å². The van der Waals surface area contributed by atoms with E-state index in [2.05, 4.69) is 24.3 Å². The predicted molar refractivity (Wildman–Crippen MR) is 82.2 cm³/mol. The molecule has 5 heteroatoms. The number of likely N-dealkylation sites (N-methyl/N-ethyl adjacent to an activating group) is 1. The fourth-order valence-electron chi connectivity index (χ4n) is 2.97. The molecule has 4 nitrogen and oxygen atoms in total. The predicted octanol–water partition coefficient (Wildman–Crippen LogP) is 3.17. The highest BCUT2D eigenvalue weighted by atomic mass is 35.5. The van der Waals surface area contributed by atoms with E-state index >= 15 is 0 Å². The average molecular weight is 300 g/mol. The lowest BCUT2D eigenvalue weighted by molar-refractivity contribution is -0.00639. The molecule has 0 saturated heterocycles. The van der Waals surface area contributed by atoms with E-state index in [0.29, 0.717) is 12.6 Å². The molecule has 1 N–H and O–H groups in total. The van der Waals surface area contributed by atoms with E-state index in [1.807, 2.05) is 11.7 Å². The molecule has 1 aliphatic rings. The zero-order valence-electron chi connectivity index (χ0n) is 12.8. The number of rotatable bonds is 6. The molecule has 1 saturated carbocycles. The van der Waals surface area contributed by atoms with E-state index in [1.165, 1.54) is 19.3 Å². The van der Waals surface area contributed by atoms with E-state index in [4.69, 9.17) is 16.3 Å². The second kappa shape index (κ2) is 7.43. The maximum absolute atomic E-state index is 6.42. The van der Waals surface area contributed by atoms with Crippen LogP contribution in [0, 0.1) is 0 Å². The summed E-state index contributed by atoms with van der Waals surface area (Å²) in [5.41, 5.74) is 1.99. The minimum Gasteiger partial charge on any atom is -0.370 e. The molecule has 1 aliphatic carbocycles. The fourth-order valence-corrected chi connectivity index (χ4v) is 3.29. The van der Waals surface area contributed by atoms with Crippen LogP contribution in [0.3, 0.4) is 0 Å². The van der Waals surface area contributed by atoms with Gasteiger partial charge >= 0.3 is 0 Å². The van der Waals surface area contributed by atoms with Gasteiger partial charge in [0.1, 0.15) is 0 Å². The molecule has 114 valence electrons. The first kappa shape index (κ1) is 15.8. The second-order valence-corrected chi connectivity index (χ2v) is 5.78. The minimum absolute atomic E-state index is 0.287. The summed E-state index contributed by atoms with van der Waals surface area (Å²) in [5, 5.41) is 8.69. The standard InChI is InChI=1S/C15H26ClN3O/c1-4-11-15(16)13(19(5-2)18-11)10-20-14-9-7-6-8-12(14)17-3/h12,14,17H,4-10H2,1-3H3. The summed E-state index contributed by atoms with van der Waals surface area (Å²) in [6.45, 7) is 5.56. The van der Waals surface area contributed by atoms with Gasteiger partial charge < -0.3 is 10.1 Å². The minimum atomic E-state index is 0.287. The Morgan fingerprint density at radius 2 is 2.10 bits per heavy atom. The van der Waals surface area contributed by atoms with Crippen LogP contribution in [-0.4, -0.2) is 29.0 Å². The summed E-state index contributed by atoms with van der Waals surface area (Å²) in [7, 11) is 2.02. The van der Waals surface area contributed by atoms with Gasteiger partial charge in [0.05, 0.1) is 29.1 Å². The monoisotopic (exact) mass is 299 g/mol. The van der Waals surface area contributed by atoms with Crippen LogP contribution in [0.5, 0.6) is 0 Å². The van der Waals surface area contributed by atoms with Gasteiger partial charge in [0.25, 0.3) is 0 Å². The van der Waals surface area contributed by atoms with Crippen molar-refractivity contribution in [2.45, 2.75) is 71.2 Å². The Hall–Kier alpha value is -0.580. The van der Waals surface area contributed by atoms with Crippen molar-refractivity contribution in [3.8, 4) is 0 Å². The van der Waals surface area contributed by atoms with Gasteiger partial charge in [0, 0.05) is 12.6 Å². The number of halogens is 1. The van der Waals surface area contributed by atoms with Crippen LogP contribution in [-0.2, 0) is 24.3 Å². The maximum atomic E-state index is 6.42. The third-order valence-electron chi connectivity index (χ3n) is 4.20. The number of nitrogens with zero attached hydrogens (tertiary/aromatic N) is 2. The summed E-state index contributed by atoms with van der Waals surface area (Å²) in [6, 6.07) is 0.464. The molecule has 2 rings (SSSR count). The normalized spacial score (nSPS) is 23.2. The number of aromatic nitrogens is 2. The van der Waals surface area contributed by atoms with Crippen LogP contribution >= 0.6 is 11.6 Å². The van der Waals surface area contributed by atoms with Crippen molar-refractivity contribution in [3.05, 3.63) is 16.4 Å². The van der Waals surface area contributed by atoms with Crippen molar-refractivity contribution in [1.29, 1.82) is 0 Å². The molecular formula is C15H26ClN3O. The molecular weight excluding hydrogens is 274 g/mol. The highest BCUT2D eigenvalue weighted by Gasteiger charge is 2.25. The molecule has 2 unspecified atom stereocenters. The Morgan fingerprint density at radius 3 is 2.75 bits per heavy atom. The highest BCUT2D eigenvalue weighted by molar-refractivity contribution is 6.31. The highest BCUT2D eigenvalue weighted by Crippen LogP contribution is 2.26. The summed E-state index contributed by atoms with van der Waals surface area (Å²) in [5.74, 6) is 0. The Kier molecular flexibility index (Phi) is 5.87. The fraction of sp³-hybridized carbons (Fsp3) is 0.800. The van der Waals surface area contributed by atoms with E-state index < -0.39 is 0 Å². The van der Waals surface area contributed by atoms with Crippen LogP contribution in [0.4, 0.5) is 0 Å². The third kappa shape index (κ3) is 3.35. The van der Waals surface area contributed by atoms with Crippen LogP contribution in [0.15, 0.2) is 0 Å². The molecule has 1 aromatic heterocycles. The van der Waals surface area contributed by atoms with Crippen LogP contribution < -0.4 is 5.32 Å². The van der Waals surface area contributed by atoms with Crippen molar-refractivity contribution >= 4 is 11.6 Å². The molecule has 0 amide bonds. The Bertz CT molecular complexity index is 433. The molecule has 0 spiro atoms. The molecule has 1 fully saturated rings. The van der Waals surface area contributed by atoms with E-state index in [0.717, 1.165) is 35.8 Å². The summed E-state index contributed by atoms with van der Waals surface area (Å²) in [4.78, 5) is 0. The lowest BCUT2D eigenvalue weighted by atomic mass is 9.92. The first-order valence-corrected chi connectivity index (χ1v) is 8.11. The first-order valence-electron chi connectivity index (χ1n) is 7.74. The zero-order valence-corrected chi connectivity index (χ0v) is 13.5. The SMILES string of the molecule is CCc1nn(CC)c(COC2CCCCC2NC)c1Cl. The molecule has 0 radical (unpaired) electrons. The molecule has 0 aromatic carbocycles. The quantitative estimate of drug-likeness (QED) is 0.877. The molecule has 0 aliphatic heterocycles. The number of hydrogen-bond acceptors (Lipinski definition) is 3. The number of ether oxygens (including phenoxy) is 1. The van der Waals surface area contributed by atoms with Crippen molar-refractivity contribution < 1.29 is 4.74 Å². The second-order valence-electron chi connectivity index (χ2n) is 5.41. The number of hydrogen-bond donors (Lipinski definition) is 1. The Morgan fingerprint density at radius 1 is 1.35 bits per heavy atom. The van der Waals surface area contributed by atoms with Crippen molar-refractivity contribution in [2.24, 2.45) is 0 Å². The van der Waals surface area contributed by atoms with Crippen LogP contribution in [0.2, 0.25) is 5.02 Å². The van der Waals surface area contributed by atoms with Gasteiger partial charge in [-0.25, -0.2) is 0 Å². The zero-order chi connectivity index (χ0) is 14.5. The lowest BCUT2D eigenvalue weighted by Gasteiger charge is -2.31. The van der Waals surface area contributed by atoms with E-state index in [1.54, 1.807) is 0 Å². The van der Waals surface area contributed by atoms with Crippen molar-refractivity contribution in [2.75, 3.05) is 7.05 Å². The van der Waals surface area contributed by atoms with Gasteiger partial charge in [0.2, 0.25) is 0 Å². The largest absolute Gasteiger partial charge is 0.370 e. The third-order valence-corrected chi connectivity index (χ3v) is 4.64. The topological polar surface area (TPSA) is 39.1 Å². The summed E-state index contributed by atoms with van der Waals surface area (Å²) >= 11 is 6.42. The number of nitrogens with one attached hydrogen (secondary N) is 1. The van der Waals surface area contributed by atoms with Gasteiger partial charge in [-0.1, -0.05) is 31.4 Å². The van der Waals surface area contributed by atoms with Crippen molar-refractivity contribution in [3.63, 3.8) is 0 Å². The van der Waals surface area contributed by atoms with Gasteiger partial charge in [-0.15, -0.1) is 0 Å². The Balaban J connectivity index is 2.04. The summed E-state index contributed by atoms with van der Waals surface area (Å²) in [6.07, 6.45) is 6.02. The molecule has 20 heavy (non-hydrogen) atoms. The van der Waals surface area contributed by atoms with Gasteiger partial charge in [-0.05, 0) is 33.2 Å². The van der Waals surface area contributed by atoms with E-state index in [-0.39, 0.29) is 6.10 Å². The molecule has 2 atom stereocenters. The smallest absolute Gasteiger partial charge is 0.0904 e. The van der Waals surface area contributed by atoms with Crippen LogP contribution in [0.1, 0.15) is 50.9 Å². The van der Waals surface area contributed by atoms with Gasteiger partial charge in [0.15, 0.2) is 0 Å². The molecule has 0 bridgehead atoms. The van der Waals surface area contributed by atoms with Gasteiger partial charge in [-0.3, -0.25) is 4.68 Å². The number of aryl methyl sites for hydroxylation is 2. The first-order chi connectivity index (χ1) is 9.71. The Labute approximate surface area is 126 Å². The maximum Gasteiger partial charge on any atom is 0.0904 e. The average Bonchev–Trinajstić information content (AvgIpc) is 2.81. The molecule has 1 heterocycles. The van der Waals surface area contributed by atoms with Crippen LogP contribution in [0.25, 0.3) is 0 Å². The van der Waals surface area contributed by atoms with E-state index in [9.17, 15) is 0 Å².